The Morgan fingerprint density at radius 2 is 2.21 bits per heavy atom. The molecule has 1 aromatic rings. The third-order valence-electron chi connectivity index (χ3n) is 3.97. The number of carbonyl (C=O) groups is 2. The summed E-state index contributed by atoms with van der Waals surface area (Å²) in [5.74, 6) is -1.11. The zero-order chi connectivity index (χ0) is 17.5. The Balaban J connectivity index is 1.86. The molecule has 0 aromatic carbocycles. The van der Waals surface area contributed by atoms with E-state index < -0.39 is 18.1 Å². The average Bonchev–Trinajstić information content (AvgIpc) is 2.84. The Labute approximate surface area is 139 Å². The summed E-state index contributed by atoms with van der Waals surface area (Å²) in [6.07, 6.45) is 4.87. The van der Waals surface area contributed by atoms with Crippen molar-refractivity contribution in [2.75, 3.05) is 13.7 Å². The fraction of sp³-hybridized carbons (Fsp3) is 0.600. The van der Waals surface area contributed by atoms with Gasteiger partial charge in [-0.15, -0.1) is 5.10 Å². The van der Waals surface area contributed by atoms with Crippen LogP contribution in [0, 0.1) is 0 Å². The molecule has 1 aliphatic rings. The summed E-state index contributed by atoms with van der Waals surface area (Å²) >= 11 is 0. The van der Waals surface area contributed by atoms with Crippen LogP contribution in [0.25, 0.3) is 0 Å². The summed E-state index contributed by atoms with van der Waals surface area (Å²) in [7, 11) is 1.60. The van der Waals surface area contributed by atoms with Crippen LogP contribution in [-0.4, -0.2) is 61.9 Å². The van der Waals surface area contributed by atoms with Crippen molar-refractivity contribution in [2.45, 2.75) is 44.9 Å². The number of carboxylic acid groups (broad SMARTS) is 2. The molecule has 1 atom stereocenters. The Bertz CT molecular complexity index is 613. The van der Waals surface area contributed by atoms with Gasteiger partial charge in [-0.1, -0.05) is 16.9 Å². The molecule has 0 bridgehead atoms. The topological polar surface area (TPSA) is 118 Å². The zero-order valence-electron chi connectivity index (χ0n) is 13.6. The van der Waals surface area contributed by atoms with Gasteiger partial charge in [0, 0.05) is 20.2 Å². The number of rotatable bonds is 7. The highest BCUT2D eigenvalue weighted by Crippen LogP contribution is 2.20. The number of aromatic nitrogens is 3. The van der Waals surface area contributed by atoms with Crippen LogP contribution in [0.15, 0.2) is 17.8 Å². The fourth-order valence-corrected chi connectivity index (χ4v) is 2.75. The van der Waals surface area contributed by atoms with E-state index in [0.717, 1.165) is 29.0 Å². The average molecular weight is 338 g/mol. The summed E-state index contributed by atoms with van der Waals surface area (Å²) in [4.78, 5) is 23.4. The SMILES string of the molecule is COCc1cn(CCCC2=CCC(C(=O)O)N(C(=O)O)CC2)nn1. The molecule has 1 unspecified atom stereocenters. The molecule has 9 nitrogen and oxygen atoms in total. The van der Waals surface area contributed by atoms with Crippen molar-refractivity contribution in [1.82, 2.24) is 19.9 Å². The van der Waals surface area contributed by atoms with Gasteiger partial charge in [0.05, 0.1) is 12.8 Å². The molecule has 1 aliphatic heterocycles. The Hall–Kier alpha value is -2.42. The second kappa shape index (κ2) is 8.44. The van der Waals surface area contributed by atoms with Gasteiger partial charge in [0.15, 0.2) is 0 Å². The maximum absolute atomic E-state index is 11.2. The Morgan fingerprint density at radius 1 is 1.42 bits per heavy atom. The van der Waals surface area contributed by atoms with Gasteiger partial charge in [0.2, 0.25) is 0 Å². The van der Waals surface area contributed by atoms with Crippen LogP contribution in [0.1, 0.15) is 31.4 Å². The predicted octanol–water partition coefficient (Wildman–Crippen LogP) is 1.36. The quantitative estimate of drug-likeness (QED) is 0.721. The summed E-state index contributed by atoms with van der Waals surface area (Å²) in [5.41, 5.74) is 1.86. The molecule has 0 spiro atoms. The van der Waals surface area contributed by atoms with Crippen LogP contribution in [0.4, 0.5) is 4.79 Å². The van der Waals surface area contributed by atoms with Crippen molar-refractivity contribution in [2.24, 2.45) is 0 Å². The molecule has 9 heteroatoms. The van der Waals surface area contributed by atoms with Crippen LogP contribution in [0.5, 0.6) is 0 Å². The van der Waals surface area contributed by atoms with Gasteiger partial charge in [-0.2, -0.15) is 0 Å². The van der Waals surface area contributed by atoms with E-state index in [-0.39, 0.29) is 13.0 Å². The van der Waals surface area contributed by atoms with Crippen LogP contribution in [-0.2, 0) is 22.7 Å². The van der Waals surface area contributed by atoms with Gasteiger partial charge in [-0.25, -0.2) is 9.59 Å². The molecule has 0 aliphatic carbocycles. The van der Waals surface area contributed by atoms with Crippen molar-refractivity contribution in [1.29, 1.82) is 0 Å². The zero-order valence-corrected chi connectivity index (χ0v) is 13.6. The van der Waals surface area contributed by atoms with Gasteiger partial charge in [0.1, 0.15) is 11.7 Å². The van der Waals surface area contributed by atoms with E-state index in [2.05, 4.69) is 10.3 Å². The minimum atomic E-state index is -1.19. The summed E-state index contributed by atoms with van der Waals surface area (Å²) in [5, 5.41) is 26.3. The number of ether oxygens (including phenoxy) is 1. The summed E-state index contributed by atoms with van der Waals surface area (Å²) in [6.45, 7) is 1.32. The predicted molar refractivity (Wildman–Crippen MR) is 83.4 cm³/mol. The molecule has 132 valence electrons. The smallest absolute Gasteiger partial charge is 0.408 e. The van der Waals surface area contributed by atoms with E-state index in [1.165, 1.54) is 0 Å². The molecule has 1 amide bonds. The fourth-order valence-electron chi connectivity index (χ4n) is 2.75. The number of carboxylic acids is 1. The number of aryl methyl sites for hydroxylation is 1. The van der Waals surface area contributed by atoms with Crippen molar-refractivity contribution >= 4 is 12.1 Å². The lowest BCUT2D eigenvalue weighted by Gasteiger charge is -2.23. The van der Waals surface area contributed by atoms with Crippen LogP contribution < -0.4 is 0 Å². The molecule has 2 heterocycles. The van der Waals surface area contributed by atoms with Gasteiger partial charge in [0.25, 0.3) is 0 Å². The highest BCUT2D eigenvalue weighted by Gasteiger charge is 2.30. The van der Waals surface area contributed by atoms with E-state index in [9.17, 15) is 14.7 Å². The van der Waals surface area contributed by atoms with Crippen LogP contribution in [0.3, 0.4) is 0 Å². The number of nitrogens with zero attached hydrogens (tertiary/aromatic N) is 4. The second-order valence-corrected chi connectivity index (χ2v) is 5.69. The maximum atomic E-state index is 11.2. The van der Waals surface area contributed by atoms with Crippen molar-refractivity contribution in [3.05, 3.63) is 23.5 Å². The number of hydrogen-bond acceptors (Lipinski definition) is 5. The second-order valence-electron chi connectivity index (χ2n) is 5.69. The van der Waals surface area contributed by atoms with E-state index in [1.807, 2.05) is 12.3 Å². The highest BCUT2D eigenvalue weighted by atomic mass is 16.5. The van der Waals surface area contributed by atoms with Crippen molar-refractivity contribution < 1.29 is 24.5 Å². The van der Waals surface area contributed by atoms with Crippen molar-refractivity contribution in [3.63, 3.8) is 0 Å². The van der Waals surface area contributed by atoms with E-state index in [0.29, 0.717) is 19.6 Å². The normalized spacial score (nSPS) is 18.1. The first-order chi connectivity index (χ1) is 11.5. The number of aliphatic carboxylic acids is 1. The number of amides is 1. The number of methoxy groups -OCH3 is 1. The van der Waals surface area contributed by atoms with E-state index in [4.69, 9.17) is 9.84 Å². The number of hydrogen-bond donors (Lipinski definition) is 2. The van der Waals surface area contributed by atoms with Crippen LogP contribution in [0.2, 0.25) is 0 Å². The van der Waals surface area contributed by atoms with E-state index in [1.54, 1.807) is 11.8 Å². The lowest BCUT2D eigenvalue weighted by Crippen LogP contribution is -2.44. The standard InChI is InChI=1S/C15H22N4O5/c1-24-10-12-9-18(17-16-12)7-2-3-11-4-5-13(14(20)21)19(8-6-11)15(22)23/h4,9,13H,2-3,5-8,10H2,1H3,(H,20,21)(H,22,23). The first-order valence-electron chi connectivity index (χ1n) is 7.79. The Morgan fingerprint density at radius 3 is 2.88 bits per heavy atom. The molecule has 0 radical (unpaired) electrons. The molecule has 2 N–H and O–H groups in total. The summed E-state index contributed by atoms with van der Waals surface area (Å²) < 4.78 is 6.73. The van der Waals surface area contributed by atoms with Gasteiger partial charge in [-0.05, 0) is 25.7 Å². The third kappa shape index (κ3) is 4.79. The minimum Gasteiger partial charge on any atom is -0.480 e. The monoisotopic (exact) mass is 338 g/mol. The maximum Gasteiger partial charge on any atom is 0.408 e. The lowest BCUT2D eigenvalue weighted by molar-refractivity contribution is -0.142. The van der Waals surface area contributed by atoms with Gasteiger partial charge >= 0.3 is 12.1 Å². The lowest BCUT2D eigenvalue weighted by atomic mass is 10.1. The molecule has 24 heavy (non-hydrogen) atoms. The largest absolute Gasteiger partial charge is 0.480 e. The molecular formula is C15H22N4O5. The first kappa shape index (κ1) is 17.9. The van der Waals surface area contributed by atoms with Gasteiger partial charge in [-0.3, -0.25) is 9.58 Å². The molecule has 0 saturated heterocycles. The molecular weight excluding hydrogens is 316 g/mol. The van der Waals surface area contributed by atoms with E-state index >= 15 is 0 Å². The summed E-state index contributed by atoms with van der Waals surface area (Å²) in [6, 6.07) is -1.01. The highest BCUT2D eigenvalue weighted by molar-refractivity contribution is 5.79. The molecule has 0 saturated carbocycles. The van der Waals surface area contributed by atoms with Gasteiger partial charge < -0.3 is 14.9 Å². The van der Waals surface area contributed by atoms with Crippen molar-refractivity contribution in [3.8, 4) is 0 Å². The van der Waals surface area contributed by atoms with Crippen LogP contribution >= 0.6 is 0 Å². The third-order valence-corrected chi connectivity index (χ3v) is 3.97. The molecule has 2 rings (SSSR count). The Kier molecular flexibility index (Phi) is 6.30. The first-order valence-corrected chi connectivity index (χ1v) is 7.79. The molecule has 1 aromatic heterocycles. The minimum absolute atomic E-state index is 0.207. The molecule has 0 fully saturated rings.